The number of imide groups is 1. The van der Waals surface area contributed by atoms with Gasteiger partial charge in [0.25, 0.3) is 11.8 Å². The Kier molecular flexibility index (Phi) is 24.4. The summed E-state index contributed by atoms with van der Waals surface area (Å²) in [7, 11) is -3.71. The molecule has 2 aromatic rings. The minimum absolute atomic E-state index is 0.0371. The number of carbonyl (C=O) groups is 5. The predicted octanol–water partition coefficient (Wildman–Crippen LogP) is 6.01. The maximum Gasteiger partial charge on any atom is 0.349 e. The van der Waals surface area contributed by atoms with Gasteiger partial charge in [-0.15, -0.1) is 11.6 Å². The highest BCUT2D eigenvalue weighted by molar-refractivity contribution is 7.94. The molecule has 1 atom stereocenters. The second kappa shape index (κ2) is 26.8. The lowest BCUT2D eigenvalue weighted by Gasteiger charge is -2.25. The highest BCUT2D eigenvalue weighted by Crippen LogP contribution is 2.37. The predicted molar refractivity (Wildman–Crippen MR) is 231 cm³/mol. The van der Waals surface area contributed by atoms with Crippen LogP contribution in [0.1, 0.15) is 63.1 Å². The lowest BCUT2D eigenvalue weighted by atomic mass is 9.93. The van der Waals surface area contributed by atoms with Crippen LogP contribution in [-0.2, 0) is 55.3 Å². The smallest absolute Gasteiger partial charge is 0.349 e. The zero-order valence-corrected chi connectivity index (χ0v) is 37.8. The fourth-order valence-corrected chi connectivity index (χ4v) is 6.24. The molecule has 4 rings (SSSR count). The fraction of sp³-hybridized carbons (Fsp3) is 0.462. The van der Waals surface area contributed by atoms with Crippen LogP contribution in [0.25, 0.3) is 6.08 Å². The van der Waals surface area contributed by atoms with Gasteiger partial charge in [-0.05, 0) is 105 Å². The number of para-hydroxylation sites is 1. The van der Waals surface area contributed by atoms with E-state index in [0.717, 1.165) is 36.1 Å². The van der Waals surface area contributed by atoms with Gasteiger partial charge in [-0.3, -0.25) is 29.4 Å². The van der Waals surface area contributed by atoms with Gasteiger partial charge in [-0.25, -0.2) is 9.69 Å². The summed E-state index contributed by atoms with van der Waals surface area (Å²) in [5.74, 6) is -2.56. The van der Waals surface area contributed by atoms with Crippen LogP contribution in [0.5, 0.6) is 0 Å². The molecule has 2 aromatic carbocycles. The molecule has 0 saturated carbocycles. The molecular weight excluding hydrogens is 856 g/mol. The first-order valence-electron chi connectivity index (χ1n) is 18.2. The number of nitrogens with zero attached hydrogens (tertiary/aromatic N) is 2. The summed E-state index contributed by atoms with van der Waals surface area (Å²) in [4.78, 5) is 79.5. The molecule has 1 unspecified atom stereocenters. The van der Waals surface area contributed by atoms with Gasteiger partial charge in [0.1, 0.15) is 25.2 Å². The number of hydrogen-bond donors (Lipinski definition) is 3. The van der Waals surface area contributed by atoms with E-state index in [9.17, 15) is 33.4 Å². The van der Waals surface area contributed by atoms with E-state index in [2.05, 4.69) is 25.7 Å². The van der Waals surface area contributed by atoms with Crippen LogP contribution in [-0.4, -0.2) is 97.1 Å². The lowest BCUT2D eigenvalue weighted by molar-refractivity contribution is -0.193. The van der Waals surface area contributed by atoms with E-state index in [1.54, 1.807) is 30.0 Å². The number of alkyl halides is 1. The number of rotatable bonds is 14. The number of benzene rings is 2. The normalized spacial score (nSPS) is 14.6. The minimum atomic E-state index is -4.35. The average molecular weight is 909 g/mol. The van der Waals surface area contributed by atoms with Gasteiger partial charge >= 0.3 is 11.9 Å². The number of hydrogen-bond acceptors (Lipinski definition) is 10. The van der Waals surface area contributed by atoms with Gasteiger partial charge in [-0.1, -0.05) is 48.3 Å². The van der Waals surface area contributed by atoms with Crippen molar-refractivity contribution in [3.8, 4) is 0 Å². The molecule has 19 heteroatoms. The highest BCUT2D eigenvalue weighted by Gasteiger charge is 2.39. The van der Waals surface area contributed by atoms with Crippen LogP contribution in [0, 0.1) is 6.92 Å². The number of aliphatic carboxylic acids is 1. The maximum absolute atomic E-state index is 12.7. The Balaban J connectivity index is 0.000000455. The summed E-state index contributed by atoms with van der Waals surface area (Å²) in [6, 6.07) is 10.8. The van der Waals surface area contributed by atoms with Crippen molar-refractivity contribution in [2.24, 2.45) is 0 Å². The number of carbonyl (C=O) groups excluding carboxylic acids is 4. The monoisotopic (exact) mass is 907 g/mol. The van der Waals surface area contributed by atoms with E-state index in [1.807, 2.05) is 37.4 Å². The molecule has 0 spiro atoms. The largest absolute Gasteiger partial charge is 0.778 e. The van der Waals surface area contributed by atoms with E-state index in [1.165, 1.54) is 11.0 Å². The second-order valence-corrected chi connectivity index (χ2v) is 18.0. The number of nitrogens with one attached hydrogen (secondary N) is 1. The number of amides is 3. The Morgan fingerprint density at radius 1 is 1.03 bits per heavy atom. The molecule has 0 aromatic heterocycles. The third kappa shape index (κ3) is 17.9. The molecule has 1 heterocycles. The third-order valence-electron chi connectivity index (χ3n) is 7.78. The van der Waals surface area contributed by atoms with Crippen molar-refractivity contribution in [3.05, 3.63) is 74.3 Å². The first-order chi connectivity index (χ1) is 27.2. The second-order valence-electron chi connectivity index (χ2n) is 12.9. The third-order valence-corrected chi connectivity index (χ3v) is 9.24. The number of halogens is 3. The van der Waals surface area contributed by atoms with Crippen LogP contribution in [0.15, 0.2) is 52.6 Å². The van der Waals surface area contributed by atoms with Crippen molar-refractivity contribution >= 4 is 100 Å². The molecule has 3 amide bonds. The van der Waals surface area contributed by atoms with Gasteiger partial charge in [0.2, 0.25) is 5.91 Å². The maximum atomic E-state index is 12.7. The molecule has 0 radical (unpaired) electrons. The van der Waals surface area contributed by atoms with Gasteiger partial charge < -0.3 is 28.9 Å². The van der Waals surface area contributed by atoms with Crippen molar-refractivity contribution in [3.63, 3.8) is 0 Å². The van der Waals surface area contributed by atoms with E-state index in [0.29, 0.717) is 57.8 Å². The van der Waals surface area contributed by atoms with Crippen molar-refractivity contribution in [1.82, 2.24) is 5.32 Å². The zero-order chi connectivity index (χ0) is 44.2. The van der Waals surface area contributed by atoms with E-state index in [-0.39, 0.29) is 42.0 Å². The van der Waals surface area contributed by atoms with Gasteiger partial charge in [-0.2, -0.15) is 0 Å². The quantitative estimate of drug-likeness (QED) is 0.0380. The van der Waals surface area contributed by atoms with E-state index >= 15 is 0 Å². The van der Waals surface area contributed by atoms with Crippen LogP contribution in [0.3, 0.4) is 0 Å². The summed E-state index contributed by atoms with van der Waals surface area (Å²) in [5, 5.41) is 10.2. The van der Waals surface area contributed by atoms with Crippen LogP contribution in [0.4, 0.5) is 11.4 Å². The number of esters is 1. The molecular formula is C39H53Cl3N3O11PS. The van der Waals surface area contributed by atoms with Crippen molar-refractivity contribution in [2.75, 3.05) is 67.2 Å². The summed E-state index contributed by atoms with van der Waals surface area (Å²) in [5.41, 5.74) is 5.17. The van der Waals surface area contributed by atoms with Gasteiger partial charge in [0.15, 0.2) is 0 Å². The molecule has 0 bridgehead atoms. The summed E-state index contributed by atoms with van der Waals surface area (Å²) < 4.78 is 20.2. The highest BCUT2D eigenvalue weighted by atomic mass is 35.5. The van der Waals surface area contributed by atoms with Crippen molar-refractivity contribution in [2.45, 2.75) is 59.8 Å². The van der Waals surface area contributed by atoms with Crippen molar-refractivity contribution in [1.29, 1.82) is 0 Å². The van der Waals surface area contributed by atoms with Crippen LogP contribution >= 0.6 is 42.4 Å². The SMILES string of the molecule is CCOC(=O)/C(Cl)=C/c1cc(N2C(=O)C3=C(CCCC3)C2=O)ccc1Cl.CCOCN(C(=O)CCl)c1c(C)cccc1CC.C[S+](C)C.O=C(O)CNCP(=O)([O-])O. The van der Waals surface area contributed by atoms with Crippen molar-refractivity contribution < 1.29 is 52.9 Å². The minimum Gasteiger partial charge on any atom is -0.778 e. The van der Waals surface area contributed by atoms with Crippen LogP contribution < -0.4 is 20.0 Å². The zero-order valence-electron chi connectivity index (χ0n) is 33.8. The molecule has 1 aliphatic heterocycles. The van der Waals surface area contributed by atoms with Gasteiger partial charge in [0, 0.05) is 22.8 Å². The number of ether oxygens (including phenoxy) is 2. The first kappa shape index (κ1) is 52.8. The first-order valence-corrected chi connectivity index (χ1v) is 23.7. The average Bonchev–Trinajstić information content (AvgIpc) is 3.41. The Morgan fingerprint density at radius 2 is 1.62 bits per heavy atom. The molecule has 3 N–H and O–H groups in total. The molecule has 322 valence electrons. The summed E-state index contributed by atoms with van der Waals surface area (Å²) >= 11 is 17.8. The van der Waals surface area contributed by atoms with Crippen LogP contribution in [0.2, 0.25) is 5.02 Å². The Bertz CT molecular complexity index is 1820. The molecule has 0 fully saturated rings. The fourth-order valence-electron chi connectivity index (χ4n) is 5.36. The Labute approximate surface area is 358 Å². The lowest BCUT2D eigenvalue weighted by Crippen LogP contribution is -2.35. The number of carboxylic acid groups (broad SMARTS) is 1. The van der Waals surface area contributed by atoms with E-state index in [4.69, 9.17) is 54.3 Å². The molecule has 2 aliphatic rings. The number of carboxylic acids is 1. The molecule has 58 heavy (non-hydrogen) atoms. The molecule has 1 aliphatic carbocycles. The Morgan fingerprint density at radius 3 is 2.10 bits per heavy atom. The Hall–Kier alpha value is -3.24. The molecule has 14 nitrogen and oxygen atoms in total. The number of anilines is 2. The topological polar surface area (TPSA) is 203 Å². The van der Waals surface area contributed by atoms with E-state index < -0.39 is 32.4 Å². The summed E-state index contributed by atoms with van der Waals surface area (Å²) in [6.45, 7) is 8.19. The number of aryl methyl sites for hydroxylation is 2. The molecule has 0 saturated heterocycles. The summed E-state index contributed by atoms with van der Waals surface area (Å²) in [6.07, 6.45) is 11.2. The standard InChI is InChI=1S/C19H17Cl2NO4.C14H20ClNO2.C3H8NO5P.C3H9S/c1-2-26-19(25)16(21)10-11-9-12(7-8-15(11)20)22-17(23)13-5-3-4-6-14(13)18(22)24;1-4-12-8-6-7-11(3)14(12)16(10-18-5-2)13(17)9-15;5-3(6)1-4-2-10(7,8)9;1-4(2)3/h7-10H,2-6H2,1H3;6-8H,4-5,9-10H2,1-3H3;4H,1-2H2,(H,5,6)(H2,7,8,9);1-3H3/q;;;+1/p-1/b16-10-;;;. The van der Waals surface area contributed by atoms with Gasteiger partial charge in [0.05, 0.1) is 49.6 Å².